The molecule has 27 heavy (non-hydrogen) atoms. The van der Waals surface area contributed by atoms with Crippen LogP contribution in [0.1, 0.15) is 15.9 Å². The number of aromatic amines is 1. The Morgan fingerprint density at radius 3 is 2.96 bits per heavy atom. The minimum atomic E-state index is -0.209. The molecule has 0 bridgehead atoms. The van der Waals surface area contributed by atoms with Gasteiger partial charge < -0.3 is 20.7 Å². The van der Waals surface area contributed by atoms with Gasteiger partial charge in [-0.25, -0.2) is 0 Å². The molecular formula is C19H17N5O3. The van der Waals surface area contributed by atoms with Crippen LogP contribution in [0.25, 0.3) is 0 Å². The summed E-state index contributed by atoms with van der Waals surface area (Å²) in [5, 5.41) is 15.3. The van der Waals surface area contributed by atoms with Crippen molar-refractivity contribution in [2.24, 2.45) is 0 Å². The first kappa shape index (κ1) is 16.6. The lowest BCUT2D eigenvalue weighted by molar-refractivity contribution is -0.118. The van der Waals surface area contributed by atoms with E-state index in [9.17, 15) is 9.59 Å². The van der Waals surface area contributed by atoms with Crippen LogP contribution in [-0.2, 0) is 11.3 Å². The standard InChI is InChI=1S/C19H17N5O3/c25-18-11-27-16-9-14(4-5-15(16)22-18)20-10-12-2-1-3-13(8-12)19(26)23-17-6-7-21-24-17/h1-9,20H,10-11H2,(H,22,25)(H2,21,23,24,26). The molecule has 2 amide bonds. The Morgan fingerprint density at radius 2 is 2.11 bits per heavy atom. The largest absolute Gasteiger partial charge is 0.482 e. The number of ether oxygens (including phenoxy) is 1. The molecule has 0 atom stereocenters. The summed E-state index contributed by atoms with van der Waals surface area (Å²) in [6, 6.07) is 14.5. The molecule has 8 heteroatoms. The van der Waals surface area contributed by atoms with E-state index in [0.717, 1.165) is 11.3 Å². The summed E-state index contributed by atoms with van der Waals surface area (Å²) in [7, 11) is 0. The van der Waals surface area contributed by atoms with E-state index in [1.54, 1.807) is 24.4 Å². The van der Waals surface area contributed by atoms with Crippen molar-refractivity contribution in [3.63, 3.8) is 0 Å². The fourth-order valence-corrected chi connectivity index (χ4v) is 2.73. The topological polar surface area (TPSA) is 108 Å². The first-order valence-corrected chi connectivity index (χ1v) is 8.37. The van der Waals surface area contributed by atoms with Gasteiger partial charge in [0.15, 0.2) is 6.61 Å². The zero-order chi connectivity index (χ0) is 18.6. The maximum Gasteiger partial charge on any atom is 0.262 e. The zero-order valence-electron chi connectivity index (χ0n) is 14.3. The van der Waals surface area contributed by atoms with Gasteiger partial charge in [0.25, 0.3) is 11.8 Å². The molecule has 2 aromatic carbocycles. The molecule has 0 saturated heterocycles. The molecule has 0 radical (unpaired) electrons. The van der Waals surface area contributed by atoms with E-state index < -0.39 is 0 Å². The van der Waals surface area contributed by atoms with Gasteiger partial charge in [0.2, 0.25) is 0 Å². The average molecular weight is 363 g/mol. The van der Waals surface area contributed by atoms with Crippen molar-refractivity contribution in [3.05, 3.63) is 65.9 Å². The number of anilines is 3. The molecule has 136 valence electrons. The number of benzene rings is 2. The normalized spacial score (nSPS) is 12.5. The third-order valence-electron chi connectivity index (χ3n) is 4.05. The number of H-pyrrole nitrogens is 1. The Hall–Kier alpha value is -3.81. The van der Waals surface area contributed by atoms with Crippen LogP contribution in [0.15, 0.2) is 54.7 Å². The van der Waals surface area contributed by atoms with Crippen molar-refractivity contribution >= 4 is 29.0 Å². The quantitative estimate of drug-likeness (QED) is 0.557. The highest BCUT2D eigenvalue weighted by Gasteiger charge is 2.15. The Labute approximate surface area is 154 Å². The van der Waals surface area contributed by atoms with Crippen LogP contribution in [0.5, 0.6) is 5.75 Å². The Kier molecular flexibility index (Phi) is 4.44. The second-order valence-electron chi connectivity index (χ2n) is 6.03. The van der Waals surface area contributed by atoms with Crippen molar-refractivity contribution < 1.29 is 14.3 Å². The molecule has 0 saturated carbocycles. The number of rotatable bonds is 5. The molecule has 1 aromatic heterocycles. The molecule has 0 fully saturated rings. The molecule has 0 spiro atoms. The first-order valence-electron chi connectivity index (χ1n) is 8.37. The van der Waals surface area contributed by atoms with Crippen LogP contribution >= 0.6 is 0 Å². The summed E-state index contributed by atoms with van der Waals surface area (Å²) < 4.78 is 5.42. The van der Waals surface area contributed by atoms with Crippen LogP contribution in [0.4, 0.5) is 17.2 Å². The van der Waals surface area contributed by atoms with E-state index in [4.69, 9.17) is 4.74 Å². The van der Waals surface area contributed by atoms with Crippen LogP contribution in [0.3, 0.4) is 0 Å². The number of amides is 2. The van der Waals surface area contributed by atoms with E-state index in [2.05, 4.69) is 26.1 Å². The van der Waals surface area contributed by atoms with Gasteiger partial charge in [-0.1, -0.05) is 12.1 Å². The average Bonchev–Trinajstić information content (AvgIpc) is 3.19. The number of carbonyl (C=O) groups excluding carboxylic acids is 2. The summed E-state index contributed by atoms with van der Waals surface area (Å²) in [5.41, 5.74) is 3.03. The van der Waals surface area contributed by atoms with E-state index in [-0.39, 0.29) is 18.4 Å². The summed E-state index contributed by atoms with van der Waals surface area (Å²) in [6.45, 7) is 0.556. The minimum absolute atomic E-state index is 0.0178. The first-order chi connectivity index (χ1) is 13.2. The van der Waals surface area contributed by atoms with Gasteiger partial charge in [0, 0.05) is 29.9 Å². The number of carbonyl (C=O) groups is 2. The Morgan fingerprint density at radius 1 is 1.19 bits per heavy atom. The fraction of sp³-hybridized carbons (Fsp3) is 0.105. The number of hydrogen-bond acceptors (Lipinski definition) is 5. The van der Waals surface area contributed by atoms with Gasteiger partial charge >= 0.3 is 0 Å². The lowest BCUT2D eigenvalue weighted by Gasteiger charge is -2.19. The molecule has 0 aliphatic carbocycles. The maximum absolute atomic E-state index is 12.3. The summed E-state index contributed by atoms with van der Waals surface area (Å²) >= 11 is 0. The van der Waals surface area contributed by atoms with Gasteiger partial charge in [0.1, 0.15) is 11.6 Å². The molecular weight excluding hydrogens is 346 g/mol. The predicted molar refractivity (Wildman–Crippen MR) is 101 cm³/mol. The number of nitrogens with zero attached hydrogens (tertiary/aromatic N) is 1. The van der Waals surface area contributed by atoms with Gasteiger partial charge in [-0.3, -0.25) is 14.7 Å². The van der Waals surface area contributed by atoms with Crippen molar-refractivity contribution in [1.82, 2.24) is 10.2 Å². The summed E-state index contributed by atoms with van der Waals surface area (Å²) in [6.07, 6.45) is 1.57. The molecule has 1 aliphatic rings. The number of hydrogen-bond donors (Lipinski definition) is 4. The lowest BCUT2D eigenvalue weighted by Crippen LogP contribution is -2.25. The van der Waals surface area contributed by atoms with Gasteiger partial charge in [-0.05, 0) is 29.8 Å². The van der Waals surface area contributed by atoms with Crippen molar-refractivity contribution in [2.45, 2.75) is 6.54 Å². The zero-order valence-corrected chi connectivity index (χ0v) is 14.3. The van der Waals surface area contributed by atoms with Crippen LogP contribution < -0.4 is 20.7 Å². The second-order valence-corrected chi connectivity index (χ2v) is 6.03. The van der Waals surface area contributed by atoms with Gasteiger partial charge in [-0.2, -0.15) is 5.10 Å². The van der Waals surface area contributed by atoms with E-state index in [0.29, 0.717) is 29.4 Å². The van der Waals surface area contributed by atoms with Crippen molar-refractivity contribution in [3.8, 4) is 5.75 Å². The van der Waals surface area contributed by atoms with Crippen LogP contribution in [0, 0.1) is 0 Å². The molecule has 0 unspecified atom stereocenters. The highest BCUT2D eigenvalue weighted by molar-refractivity contribution is 6.03. The lowest BCUT2D eigenvalue weighted by atomic mass is 10.1. The van der Waals surface area contributed by atoms with Crippen LogP contribution in [0.2, 0.25) is 0 Å². The molecule has 3 aromatic rings. The van der Waals surface area contributed by atoms with E-state index in [1.807, 2.05) is 30.3 Å². The minimum Gasteiger partial charge on any atom is -0.482 e. The third-order valence-corrected chi connectivity index (χ3v) is 4.05. The van der Waals surface area contributed by atoms with E-state index >= 15 is 0 Å². The Balaban J connectivity index is 1.41. The smallest absolute Gasteiger partial charge is 0.262 e. The van der Waals surface area contributed by atoms with Gasteiger partial charge in [0.05, 0.1) is 11.9 Å². The maximum atomic E-state index is 12.3. The van der Waals surface area contributed by atoms with Gasteiger partial charge in [-0.15, -0.1) is 0 Å². The number of aromatic nitrogens is 2. The molecule has 1 aliphatic heterocycles. The molecule has 8 nitrogen and oxygen atoms in total. The highest BCUT2D eigenvalue weighted by atomic mass is 16.5. The molecule has 4 rings (SSSR count). The van der Waals surface area contributed by atoms with Crippen molar-refractivity contribution in [1.29, 1.82) is 0 Å². The summed E-state index contributed by atoms with van der Waals surface area (Å²) in [5.74, 6) is 0.810. The monoisotopic (exact) mass is 363 g/mol. The van der Waals surface area contributed by atoms with Crippen molar-refractivity contribution in [2.75, 3.05) is 22.6 Å². The SMILES string of the molecule is O=C1COc2cc(NCc3cccc(C(=O)Nc4ccn[nH]4)c3)ccc2N1. The summed E-state index contributed by atoms with van der Waals surface area (Å²) in [4.78, 5) is 23.6. The van der Waals surface area contributed by atoms with E-state index in [1.165, 1.54) is 0 Å². The Bertz CT molecular complexity index is 985. The fourth-order valence-electron chi connectivity index (χ4n) is 2.73. The van der Waals surface area contributed by atoms with Crippen LogP contribution in [-0.4, -0.2) is 28.6 Å². The molecule has 4 N–H and O–H groups in total. The highest BCUT2D eigenvalue weighted by Crippen LogP contribution is 2.30. The number of fused-ring (bicyclic) bond motifs is 1. The second kappa shape index (κ2) is 7.20. The third kappa shape index (κ3) is 3.90. The predicted octanol–water partition coefficient (Wildman–Crippen LogP) is 2.61. The number of nitrogens with one attached hydrogen (secondary N) is 4. The molecule has 2 heterocycles.